The number of carbonyl (C=O) groups excluding carboxylic acids is 1. The number of amides is 1. The Hall–Kier alpha value is -2.95. The highest BCUT2D eigenvalue weighted by Gasteiger charge is 2.26. The van der Waals surface area contributed by atoms with Crippen LogP contribution in [0.2, 0.25) is 0 Å². The largest absolute Gasteiger partial charge is 0.334 e. The first-order valence-electron chi connectivity index (χ1n) is 7.89. The number of H-pyrrole nitrogens is 1. The van der Waals surface area contributed by atoms with Crippen molar-refractivity contribution in [3.63, 3.8) is 0 Å². The zero-order valence-electron chi connectivity index (χ0n) is 13.0. The van der Waals surface area contributed by atoms with Gasteiger partial charge in [-0.15, -0.1) is 0 Å². The summed E-state index contributed by atoms with van der Waals surface area (Å²) in [7, 11) is 0. The lowest BCUT2D eigenvalue weighted by molar-refractivity contribution is 0.0734. The molecule has 0 atom stereocenters. The third-order valence-corrected chi connectivity index (χ3v) is 4.36. The maximum Gasteiger partial charge on any atom is 0.254 e. The Kier molecular flexibility index (Phi) is 3.61. The van der Waals surface area contributed by atoms with Gasteiger partial charge in [-0.2, -0.15) is 5.10 Å². The molecule has 0 saturated heterocycles. The number of nitrogens with zero attached hydrogens (tertiary/aromatic N) is 2. The molecule has 0 fully saturated rings. The van der Waals surface area contributed by atoms with Crippen LogP contribution in [0, 0.1) is 5.82 Å². The fraction of sp³-hybridized carbons (Fsp3) is 0.158. The van der Waals surface area contributed by atoms with Gasteiger partial charge in [0.1, 0.15) is 5.82 Å². The first kappa shape index (κ1) is 14.6. The van der Waals surface area contributed by atoms with Gasteiger partial charge in [0.05, 0.1) is 5.69 Å². The topological polar surface area (TPSA) is 49.0 Å². The predicted octanol–water partition coefficient (Wildman–Crippen LogP) is 3.41. The molecule has 4 nitrogen and oxygen atoms in total. The molecule has 1 N–H and O–H groups in total. The number of rotatable bonds is 2. The summed E-state index contributed by atoms with van der Waals surface area (Å²) in [5.41, 5.74) is 4.38. The molecule has 2 heterocycles. The van der Waals surface area contributed by atoms with Crippen LogP contribution in [0.3, 0.4) is 0 Å². The number of hydrogen-bond acceptors (Lipinski definition) is 2. The Morgan fingerprint density at radius 2 is 1.83 bits per heavy atom. The molecule has 3 aromatic rings. The second-order valence-electron chi connectivity index (χ2n) is 5.88. The molecule has 5 heteroatoms. The molecule has 0 radical (unpaired) electrons. The Morgan fingerprint density at radius 1 is 1.08 bits per heavy atom. The molecule has 0 saturated carbocycles. The number of nitrogens with one attached hydrogen (secondary N) is 1. The van der Waals surface area contributed by atoms with E-state index >= 15 is 0 Å². The molecule has 1 aromatic heterocycles. The lowest BCUT2D eigenvalue weighted by Crippen LogP contribution is -2.35. The summed E-state index contributed by atoms with van der Waals surface area (Å²) in [4.78, 5) is 14.5. The smallest absolute Gasteiger partial charge is 0.254 e. The molecule has 0 spiro atoms. The van der Waals surface area contributed by atoms with Crippen LogP contribution in [0.1, 0.15) is 21.6 Å². The number of carbonyl (C=O) groups is 1. The van der Waals surface area contributed by atoms with Crippen LogP contribution >= 0.6 is 0 Å². The molecule has 0 aliphatic carbocycles. The molecule has 24 heavy (non-hydrogen) atoms. The molecule has 0 bridgehead atoms. The van der Waals surface area contributed by atoms with E-state index in [2.05, 4.69) is 10.2 Å². The van der Waals surface area contributed by atoms with Gasteiger partial charge in [0, 0.05) is 41.9 Å². The number of hydrogen-bond donors (Lipinski definition) is 1. The number of aromatic nitrogens is 2. The fourth-order valence-corrected chi connectivity index (χ4v) is 3.08. The number of halogens is 1. The number of aromatic amines is 1. The van der Waals surface area contributed by atoms with Crippen molar-refractivity contribution in [2.45, 2.75) is 13.0 Å². The summed E-state index contributed by atoms with van der Waals surface area (Å²) >= 11 is 0. The predicted molar refractivity (Wildman–Crippen MR) is 88.9 cm³/mol. The highest BCUT2D eigenvalue weighted by atomic mass is 19.1. The highest BCUT2D eigenvalue weighted by Crippen LogP contribution is 2.29. The average Bonchev–Trinajstić information content (AvgIpc) is 3.05. The van der Waals surface area contributed by atoms with Crippen LogP contribution in [0.5, 0.6) is 0 Å². The standard InChI is InChI=1S/C19H16FN3O/c20-15-8-6-13(7-9-15)18-16-12-23(11-10-17(16)21-22-18)19(24)14-4-2-1-3-5-14/h1-9H,10-12H2,(H,21,22). The van der Waals surface area contributed by atoms with E-state index in [1.807, 2.05) is 35.2 Å². The van der Waals surface area contributed by atoms with Gasteiger partial charge < -0.3 is 4.90 Å². The summed E-state index contributed by atoms with van der Waals surface area (Å²) in [6, 6.07) is 15.6. The van der Waals surface area contributed by atoms with Gasteiger partial charge in [-0.3, -0.25) is 9.89 Å². The minimum Gasteiger partial charge on any atom is -0.334 e. The second kappa shape index (κ2) is 5.92. The van der Waals surface area contributed by atoms with E-state index in [1.54, 1.807) is 12.1 Å². The summed E-state index contributed by atoms with van der Waals surface area (Å²) in [6.07, 6.45) is 0.738. The molecular weight excluding hydrogens is 305 g/mol. The third-order valence-electron chi connectivity index (χ3n) is 4.36. The fourth-order valence-electron chi connectivity index (χ4n) is 3.08. The Bertz CT molecular complexity index is 871. The molecule has 1 aliphatic rings. The van der Waals surface area contributed by atoms with Crippen molar-refractivity contribution in [3.05, 3.63) is 77.2 Å². The van der Waals surface area contributed by atoms with Crippen LogP contribution in [0.25, 0.3) is 11.3 Å². The Morgan fingerprint density at radius 3 is 2.58 bits per heavy atom. The zero-order valence-corrected chi connectivity index (χ0v) is 13.0. The van der Waals surface area contributed by atoms with Crippen LogP contribution in [0.4, 0.5) is 4.39 Å². The van der Waals surface area contributed by atoms with Crippen LogP contribution in [-0.4, -0.2) is 27.5 Å². The Balaban J connectivity index is 1.64. The van der Waals surface area contributed by atoms with E-state index in [0.717, 1.165) is 28.9 Å². The van der Waals surface area contributed by atoms with E-state index in [-0.39, 0.29) is 11.7 Å². The molecule has 4 rings (SSSR count). The van der Waals surface area contributed by atoms with E-state index in [4.69, 9.17) is 0 Å². The van der Waals surface area contributed by atoms with E-state index in [0.29, 0.717) is 18.7 Å². The highest BCUT2D eigenvalue weighted by molar-refractivity contribution is 5.94. The SMILES string of the molecule is O=C(c1ccccc1)N1CCc2[nH]nc(-c3ccc(F)cc3)c2C1. The van der Waals surface area contributed by atoms with Crippen molar-refractivity contribution >= 4 is 5.91 Å². The maximum absolute atomic E-state index is 13.1. The first-order valence-corrected chi connectivity index (χ1v) is 7.89. The van der Waals surface area contributed by atoms with Crippen LogP contribution < -0.4 is 0 Å². The summed E-state index contributed by atoms with van der Waals surface area (Å²) < 4.78 is 13.1. The summed E-state index contributed by atoms with van der Waals surface area (Å²) in [5.74, 6) is -0.253. The number of fused-ring (bicyclic) bond motifs is 1. The zero-order chi connectivity index (χ0) is 16.5. The molecule has 1 amide bonds. The molecule has 0 unspecified atom stereocenters. The van der Waals surface area contributed by atoms with Gasteiger partial charge in [0.15, 0.2) is 0 Å². The van der Waals surface area contributed by atoms with E-state index < -0.39 is 0 Å². The van der Waals surface area contributed by atoms with Crippen LogP contribution in [0.15, 0.2) is 54.6 Å². The Labute approximate surface area is 138 Å². The molecule has 2 aromatic carbocycles. The monoisotopic (exact) mass is 321 g/mol. The van der Waals surface area contributed by atoms with Crippen LogP contribution in [-0.2, 0) is 13.0 Å². The van der Waals surface area contributed by atoms with Gasteiger partial charge >= 0.3 is 0 Å². The third kappa shape index (κ3) is 2.58. The van der Waals surface area contributed by atoms with Crippen molar-refractivity contribution in [3.8, 4) is 11.3 Å². The van der Waals surface area contributed by atoms with Crippen molar-refractivity contribution in [2.24, 2.45) is 0 Å². The molecule has 1 aliphatic heterocycles. The summed E-state index contributed by atoms with van der Waals surface area (Å²) in [5, 5.41) is 7.44. The van der Waals surface area contributed by atoms with Crippen molar-refractivity contribution in [1.82, 2.24) is 15.1 Å². The minimum absolute atomic E-state index is 0.0208. The van der Waals surface area contributed by atoms with E-state index in [9.17, 15) is 9.18 Å². The van der Waals surface area contributed by atoms with Crippen molar-refractivity contribution in [2.75, 3.05) is 6.54 Å². The van der Waals surface area contributed by atoms with Gasteiger partial charge in [-0.1, -0.05) is 18.2 Å². The van der Waals surface area contributed by atoms with Crippen molar-refractivity contribution < 1.29 is 9.18 Å². The number of benzene rings is 2. The van der Waals surface area contributed by atoms with E-state index in [1.165, 1.54) is 12.1 Å². The molecular formula is C19H16FN3O. The maximum atomic E-state index is 13.1. The summed E-state index contributed by atoms with van der Waals surface area (Å²) in [6.45, 7) is 1.16. The first-order chi connectivity index (χ1) is 11.7. The average molecular weight is 321 g/mol. The normalized spacial score (nSPS) is 13.6. The van der Waals surface area contributed by atoms with Gasteiger partial charge in [-0.25, -0.2) is 4.39 Å². The second-order valence-corrected chi connectivity index (χ2v) is 5.88. The van der Waals surface area contributed by atoms with Crippen molar-refractivity contribution in [1.29, 1.82) is 0 Å². The lowest BCUT2D eigenvalue weighted by Gasteiger charge is -2.27. The van der Waals surface area contributed by atoms with Gasteiger partial charge in [0.25, 0.3) is 5.91 Å². The lowest BCUT2D eigenvalue weighted by atomic mass is 10.0. The van der Waals surface area contributed by atoms with Gasteiger partial charge in [0.2, 0.25) is 0 Å². The van der Waals surface area contributed by atoms with Gasteiger partial charge in [-0.05, 0) is 36.4 Å². The molecule has 120 valence electrons. The minimum atomic E-state index is -0.274. The quantitative estimate of drug-likeness (QED) is 0.786.